The Bertz CT molecular complexity index is 887. The highest BCUT2D eigenvalue weighted by Crippen LogP contribution is 2.36. The average Bonchev–Trinajstić information content (AvgIpc) is 2.56. The predicted octanol–water partition coefficient (Wildman–Crippen LogP) is 4.57. The number of rotatable bonds is 3. The second-order valence-electron chi connectivity index (χ2n) is 6.03. The van der Waals surface area contributed by atoms with Gasteiger partial charge in [-0.2, -0.15) is 0 Å². The first kappa shape index (κ1) is 18.3. The van der Waals surface area contributed by atoms with Crippen LogP contribution in [0.3, 0.4) is 0 Å². The van der Waals surface area contributed by atoms with E-state index in [0.717, 1.165) is 5.56 Å². The highest BCUT2D eigenvalue weighted by molar-refractivity contribution is 6.36. The van der Waals surface area contributed by atoms with Crippen LogP contribution in [0, 0.1) is 6.92 Å². The molecular weight excluding hydrogens is 373 g/mol. The van der Waals surface area contributed by atoms with Crippen molar-refractivity contribution >= 4 is 40.8 Å². The molecule has 3 rings (SSSR count). The molecular formula is C19H17Cl2N3O2. The number of carbonyl (C=O) groups excluding carboxylic acids is 2. The van der Waals surface area contributed by atoms with Gasteiger partial charge in [0.05, 0.1) is 11.6 Å². The minimum atomic E-state index is -0.754. The van der Waals surface area contributed by atoms with E-state index < -0.39 is 12.1 Å². The average molecular weight is 390 g/mol. The number of anilines is 1. The van der Waals surface area contributed by atoms with E-state index in [-0.39, 0.29) is 5.91 Å². The molecule has 1 aliphatic heterocycles. The maximum atomic E-state index is 12.9. The van der Waals surface area contributed by atoms with Crippen LogP contribution < -0.4 is 16.0 Å². The highest BCUT2D eigenvalue weighted by atomic mass is 35.5. The topological polar surface area (TPSA) is 70.2 Å². The predicted molar refractivity (Wildman–Crippen MR) is 103 cm³/mol. The second-order valence-corrected chi connectivity index (χ2v) is 6.84. The number of urea groups is 1. The van der Waals surface area contributed by atoms with Crippen molar-refractivity contribution in [3.05, 3.63) is 74.9 Å². The van der Waals surface area contributed by atoms with Crippen molar-refractivity contribution in [1.82, 2.24) is 10.6 Å². The number of halogens is 2. The van der Waals surface area contributed by atoms with Crippen molar-refractivity contribution in [3.8, 4) is 0 Å². The first-order valence-electron chi connectivity index (χ1n) is 7.97. The fourth-order valence-corrected chi connectivity index (χ4v) is 3.45. The molecule has 0 fully saturated rings. The fourth-order valence-electron chi connectivity index (χ4n) is 2.83. The number of hydrogen-bond donors (Lipinski definition) is 3. The lowest BCUT2D eigenvalue weighted by Gasteiger charge is -2.29. The molecule has 0 aromatic heterocycles. The van der Waals surface area contributed by atoms with E-state index in [2.05, 4.69) is 16.0 Å². The molecule has 0 saturated heterocycles. The monoisotopic (exact) mass is 389 g/mol. The van der Waals surface area contributed by atoms with E-state index in [1.54, 1.807) is 25.1 Å². The van der Waals surface area contributed by atoms with Crippen molar-refractivity contribution in [1.29, 1.82) is 0 Å². The van der Waals surface area contributed by atoms with Crippen molar-refractivity contribution < 1.29 is 9.59 Å². The molecule has 7 heteroatoms. The van der Waals surface area contributed by atoms with Crippen LogP contribution in [0.4, 0.5) is 10.5 Å². The Kier molecular flexibility index (Phi) is 5.20. The normalized spacial score (nSPS) is 16.8. The Hall–Kier alpha value is -2.50. The van der Waals surface area contributed by atoms with Gasteiger partial charge in [0.25, 0.3) is 5.91 Å². The molecule has 0 unspecified atom stereocenters. The third kappa shape index (κ3) is 3.69. The molecule has 2 aromatic rings. The maximum Gasteiger partial charge on any atom is 0.319 e. The molecule has 0 aliphatic carbocycles. The molecule has 5 nitrogen and oxygen atoms in total. The van der Waals surface area contributed by atoms with E-state index in [1.807, 2.05) is 31.2 Å². The van der Waals surface area contributed by atoms with Crippen molar-refractivity contribution in [2.24, 2.45) is 0 Å². The third-order valence-corrected chi connectivity index (χ3v) is 4.77. The van der Waals surface area contributed by atoms with Gasteiger partial charge in [-0.15, -0.1) is 0 Å². The summed E-state index contributed by atoms with van der Waals surface area (Å²) in [5.41, 5.74) is 3.02. The second kappa shape index (κ2) is 7.40. The quantitative estimate of drug-likeness (QED) is 0.719. The number of allylic oxidation sites excluding steroid dienone is 1. The molecule has 3 amide bonds. The third-order valence-electron chi connectivity index (χ3n) is 4.11. The van der Waals surface area contributed by atoms with Gasteiger partial charge in [-0.05, 0) is 38.1 Å². The molecule has 0 bridgehead atoms. The number of amides is 3. The Morgan fingerprint density at radius 2 is 1.65 bits per heavy atom. The zero-order chi connectivity index (χ0) is 18.8. The van der Waals surface area contributed by atoms with Gasteiger partial charge >= 0.3 is 6.03 Å². The minimum Gasteiger partial charge on any atom is -0.327 e. The number of hydrogen-bond acceptors (Lipinski definition) is 2. The van der Waals surface area contributed by atoms with Gasteiger partial charge in [-0.1, -0.05) is 47.0 Å². The van der Waals surface area contributed by atoms with Gasteiger partial charge in [0.1, 0.15) is 0 Å². The number of aryl methyl sites for hydroxylation is 1. The molecule has 0 saturated carbocycles. The molecule has 1 heterocycles. The summed E-state index contributed by atoms with van der Waals surface area (Å²) in [6, 6.07) is 11.3. The summed E-state index contributed by atoms with van der Waals surface area (Å²) >= 11 is 12.6. The Morgan fingerprint density at radius 3 is 2.27 bits per heavy atom. The van der Waals surface area contributed by atoms with Crippen LogP contribution >= 0.6 is 23.2 Å². The lowest BCUT2D eigenvalue weighted by atomic mass is 9.94. The van der Waals surface area contributed by atoms with E-state index >= 15 is 0 Å². The summed E-state index contributed by atoms with van der Waals surface area (Å²) in [6.45, 7) is 3.63. The summed E-state index contributed by atoms with van der Waals surface area (Å²) in [5, 5.41) is 8.95. The Labute approximate surface area is 161 Å². The summed E-state index contributed by atoms with van der Waals surface area (Å²) in [5.74, 6) is -0.347. The molecule has 134 valence electrons. The van der Waals surface area contributed by atoms with E-state index in [9.17, 15) is 9.59 Å². The van der Waals surface area contributed by atoms with Crippen LogP contribution in [0.15, 0.2) is 53.7 Å². The number of benzene rings is 2. The molecule has 0 spiro atoms. The maximum absolute atomic E-state index is 12.9. The van der Waals surface area contributed by atoms with Crippen molar-refractivity contribution in [2.75, 3.05) is 5.32 Å². The molecule has 0 radical (unpaired) electrons. The molecule has 1 aliphatic rings. The van der Waals surface area contributed by atoms with Crippen LogP contribution in [0.1, 0.15) is 24.1 Å². The van der Waals surface area contributed by atoms with Gasteiger partial charge in [-0.3, -0.25) is 4.79 Å². The number of nitrogens with one attached hydrogen (secondary N) is 3. The zero-order valence-corrected chi connectivity index (χ0v) is 15.7. The van der Waals surface area contributed by atoms with Gasteiger partial charge in [-0.25, -0.2) is 4.79 Å². The smallest absolute Gasteiger partial charge is 0.319 e. The van der Waals surface area contributed by atoms with Gasteiger partial charge < -0.3 is 16.0 Å². The highest BCUT2D eigenvalue weighted by Gasteiger charge is 2.33. The summed E-state index contributed by atoms with van der Waals surface area (Å²) in [6.07, 6.45) is 0. The van der Waals surface area contributed by atoms with Crippen LogP contribution in [-0.4, -0.2) is 11.9 Å². The SMILES string of the molecule is CC1=C(C(=O)Nc2ccc(C)cc2)[C@@H](c2c(Cl)cccc2Cl)NC(=O)N1. The van der Waals surface area contributed by atoms with Crippen LogP contribution in [-0.2, 0) is 4.79 Å². The standard InChI is InChI=1S/C19H17Cl2N3O2/c1-10-6-8-12(9-7-10)23-18(25)15-11(2)22-19(26)24-17(15)16-13(20)4-3-5-14(16)21/h3-9,17H,1-2H3,(H,23,25)(H2,22,24,26)/t17-/m0/s1. The van der Waals surface area contributed by atoms with Crippen molar-refractivity contribution in [2.45, 2.75) is 19.9 Å². The lowest BCUT2D eigenvalue weighted by molar-refractivity contribution is -0.113. The zero-order valence-electron chi connectivity index (χ0n) is 14.2. The minimum absolute atomic E-state index is 0.347. The summed E-state index contributed by atoms with van der Waals surface area (Å²) < 4.78 is 0. The van der Waals surface area contributed by atoms with Crippen molar-refractivity contribution in [3.63, 3.8) is 0 Å². The van der Waals surface area contributed by atoms with E-state index in [1.165, 1.54) is 0 Å². The van der Waals surface area contributed by atoms with Crippen LogP contribution in [0.2, 0.25) is 10.0 Å². The summed E-state index contributed by atoms with van der Waals surface area (Å²) in [4.78, 5) is 24.9. The van der Waals surface area contributed by atoms with Gasteiger partial charge in [0, 0.05) is 27.0 Å². The molecule has 1 atom stereocenters. The molecule has 26 heavy (non-hydrogen) atoms. The Balaban J connectivity index is 2.00. The lowest BCUT2D eigenvalue weighted by Crippen LogP contribution is -2.46. The fraction of sp³-hybridized carbons (Fsp3) is 0.158. The van der Waals surface area contributed by atoms with E-state index in [0.29, 0.717) is 32.6 Å². The summed E-state index contributed by atoms with van der Waals surface area (Å²) in [7, 11) is 0. The van der Waals surface area contributed by atoms with E-state index in [4.69, 9.17) is 23.2 Å². The van der Waals surface area contributed by atoms with Gasteiger partial charge in [0.15, 0.2) is 0 Å². The molecule has 2 aromatic carbocycles. The first-order chi connectivity index (χ1) is 12.4. The van der Waals surface area contributed by atoms with Crippen LogP contribution in [0.5, 0.6) is 0 Å². The van der Waals surface area contributed by atoms with Crippen LogP contribution in [0.25, 0.3) is 0 Å². The molecule has 3 N–H and O–H groups in total. The Morgan fingerprint density at radius 1 is 1.04 bits per heavy atom. The largest absolute Gasteiger partial charge is 0.327 e. The van der Waals surface area contributed by atoms with Gasteiger partial charge in [0.2, 0.25) is 0 Å². The first-order valence-corrected chi connectivity index (χ1v) is 8.72. The number of carbonyl (C=O) groups is 2.